The van der Waals surface area contributed by atoms with Crippen LogP contribution in [0.4, 0.5) is 5.82 Å². The lowest BCUT2D eigenvalue weighted by Gasteiger charge is -2.26. The molecular formula is C19H28N6O. The van der Waals surface area contributed by atoms with Gasteiger partial charge in [0.2, 0.25) is 5.91 Å². The molecule has 3 rings (SSSR count). The summed E-state index contributed by atoms with van der Waals surface area (Å²) in [6, 6.07) is 1.92. The molecule has 0 spiro atoms. The SMILES string of the molecule is Cc1nn(-c2cc(N(C)C)ncn2)c(C)c1CCC(=O)N1CCCCC1. The van der Waals surface area contributed by atoms with E-state index in [9.17, 15) is 4.79 Å². The van der Waals surface area contributed by atoms with Crippen LogP contribution in [-0.4, -0.2) is 57.7 Å². The van der Waals surface area contributed by atoms with Crippen molar-refractivity contribution in [3.63, 3.8) is 0 Å². The van der Waals surface area contributed by atoms with Gasteiger partial charge in [0.1, 0.15) is 12.1 Å². The molecule has 0 atom stereocenters. The van der Waals surface area contributed by atoms with Crippen LogP contribution in [0.2, 0.25) is 0 Å². The smallest absolute Gasteiger partial charge is 0.222 e. The first kappa shape index (κ1) is 18.4. The lowest BCUT2D eigenvalue weighted by atomic mass is 10.1. The van der Waals surface area contributed by atoms with Gasteiger partial charge in [0, 0.05) is 45.4 Å². The number of hydrogen-bond donors (Lipinski definition) is 0. The molecule has 1 aliphatic rings. The molecule has 0 radical (unpaired) electrons. The summed E-state index contributed by atoms with van der Waals surface area (Å²) in [5, 5.41) is 4.65. The summed E-state index contributed by atoms with van der Waals surface area (Å²) in [6.45, 7) is 5.85. The highest BCUT2D eigenvalue weighted by Crippen LogP contribution is 2.20. The van der Waals surface area contributed by atoms with Crippen LogP contribution in [0.5, 0.6) is 0 Å². The van der Waals surface area contributed by atoms with E-state index in [1.165, 1.54) is 6.42 Å². The molecule has 1 saturated heterocycles. The first-order valence-electron chi connectivity index (χ1n) is 9.30. The van der Waals surface area contributed by atoms with E-state index in [-0.39, 0.29) is 5.91 Å². The first-order valence-corrected chi connectivity index (χ1v) is 9.30. The number of nitrogens with zero attached hydrogens (tertiary/aromatic N) is 6. The monoisotopic (exact) mass is 356 g/mol. The fourth-order valence-electron chi connectivity index (χ4n) is 3.49. The molecule has 7 nitrogen and oxygen atoms in total. The zero-order chi connectivity index (χ0) is 18.7. The van der Waals surface area contributed by atoms with E-state index < -0.39 is 0 Å². The summed E-state index contributed by atoms with van der Waals surface area (Å²) >= 11 is 0. The number of hydrogen-bond acceptors (Lipinski definition) is 5. The van der Waals surface area contributed by atoms with Gasteiger partial charge in [0.05, 0.1) is 5.69 Å². The second-order valence-electron chi connectivity index (χ2n) is 7.13. The zero-order valence-corrected chi connectivity index (χ0v) is 16.2. The van der Waals surface area contributed by atoms with Crippen LogP contribution in [0.25, 0.3) is 5.82 Å². The summed E-state index contributed by atoms with van der Waals surface area (Å²) in [5.41, 5.74) is 3.14. The van der Waals surface area contributed by atoms with Crippen molar-refractivity contribution >= 4 is 11.7 Å². The Labute approximate surface area is 155 Å². The second kappa shape index (κ2) is 7.85. The van der Waals surface area contributed by atoms with Crippen LogP contribution in [0.3, 0.4) is 0 Å². The average molecular weight is 356 g/mol. The van der Waals surface area contributed by atoms with Crippen LogP contribution >= 0.6 is 0 Å². The predicted molar refractivity (Wildman–Crippen MR) is 102 cm³/mol. The van der Waals surface area contributed by atoms with Gasteiger partial charge >= 0.3 is 0 Å². The van der Waals surface area contributed by atoms with E-state index in [2.05, 4.69) is 15.1 Å². The molecule has 7 heteroatoms. The summed E-state index contributed by atoms with van der Waals surface area (Å²) in [7, 11) is 3.90. The fraction of sp³-hybridized carbons (Fsp3) is 0.579. The third-order valence-electron chi connectivity index (χ3n) is 5.05. The molecule has 0 aromatic carbocycles. The van der Waals surface area contributed by atoms with Crippen LogP contribution in [0.15, 0.2) is 12.4 Å². The van der Waals surface area contributed by atoms with E-state index in [4.69, 9.17) is 0 Å². The van der Waals surface area contributed by atoms with Crippen molar-refractivity contribution in [3.05, 3.63) is 29.3 Å². The number of anilines is 1. The van der Waals surface area contributed by atoms with Gasteiger partial charge in [0.15, 0.2) is 5.82 Å². The third-order valence-corrected chi connectivity index (χ3v) is 5.05. The standard InChI is InChI=1S/C19H28N6O/c1-14-16(8-9-19(26)24-10-6-5-7-11-24)15(2)25(22-14)18-12-17(23(3)4)20-13-21-18/h12-13H,5-11H2,1-4H3. The zero-order valence-electron chi connectivity index (χ0n) is 16.2. The summed E-state index contributed by atoms with van der Waals surface area (Å²) < 4.78 is 1.85. The van der Waals surface area contributed by atoms with Crippen molar-refractivity contribution in [2.45, 2.75) is 46.0 Å². The minimum Gasteiger partial charge on any atom is -0.363 e. The second-order valence-corrected chi connectivity index (χ2v) is 7.13. The number of piperidine rings is 1. The molecule has 2 aromatic rings. The van der Waals surface area contributed by atoms with Crippen molar-refractivity contribution in [2.24, 2.45) is 0 Å². The molecule has 0 unspecified atom stereocenters. The predicted octanol–water partition coefficient (Wildman–Crippen LogP) is 2.29. The third kappa shape index (κ3) is 3.86. The minimum absolute atomic E-state index is 0.258. The van der Waals surface area contributed by atoms with Crippen molar-refractivity contribution < 1.29 is 4.79 Å². The van der Waals surface area contributed by atoms with E-state index in [1.807, 2.05) is 48.5 Å². The Morgan fingerprint density at radius 1 is 1.15 bits per heavy atom. The fourth-order valence-corrected chi connectivity index (χ4v) is 3.49. The Bertz CT molecular complexity index is 776. The molecule has 140 valence electrons. The Morgan fingerprint density at radius 2 is 1.88 bits per heavy atom. The van der Waals surface area contributed by atoms with Gasteiger partial charge in [-0.25, -0.2) is 14.6 Å². The van der Waals surface area contributed by atoms with Crippen molar-refractivity contribution in [1.82, 2.24) is 24.6 Å². The molecule has 2 aromatic heterocycles. The Morgan fingerprint density at radius 3 is 2.58 bits per heavy atom. The molecule has 1 aliphatic heterocycles. The van der Waals surface area contributed by atoms with E-state index in [0.717, 1.165) is 60.9 Å². The van der Waals surface area contributed by atoms with Gasteiger partial charge < -0.3 is 9.80 Å². The molecule has 3 heterocycles. The number of likely N-dealkylation sites (tertiary alicyclic amines) is 1. The largest absolute Gasteiger partial charge is 0.363 e. The highest BCUT2D eigenvalue weighted by atomic mass is 16.2. The summed E-state index contributed by atoms with van der Waals surface area (Å²) in [4.78, 5) is 25.0. The topological polar surface area (TPSA) is 67.2 Å². The van der Waals surface area contributed by atoms with Gasteiger partial charge in [-0.3, -0.25) is 4.79 Å². The van der Waals surface area contributed by atoms with E-state index in [1.54, 1.807) is 6.33 Å². The first-order chi connectivity index (χ1) is 12.5. The quantitative estimate of drug-likeness (QED) is 0.822. The maximum Gasteiger partial charge on any atom is 0.222 e. The van der Waals surface area contributed by atoms with Gasteiger partial charge in [0.25, 0.3) is 0 Å². The normalized spacial score (nSPS) is 14.5. The Kier molecular flexibility index (Phi) is 5.54. The Hall–Kier alpha value is -2.44. The van der Waals surface area contributed by atoms with Crippen LogP contribution in [0.1, 0.15) is 42.6 Å². The molecule has 0 N–H and O–H groups in total. The minimum atomic E-state index is 0.258. The molecule has 0 bridgehead atoms. The van der Waals surface area contributed by atoms with Crippen molar-refractivity contribution in [2.75, 3.05) is 32.1 Å². The molecular weight excluding hydrogens is 328 g/mol. The summed E-state index contributed by atoms with van der Waals surface area (Å²) in [5.74, 6) is 1.84. The molecule has 0 saturated carbocycles. The van der Waals surface area contributed by atoms with Crippen LogP contribution in [0, 0.1) is 13.8 Å². The summed E-state index contributed by atoms with van der Waals surface area (Å²) in [6.07, 6.45) is 6.31. The number of aryl methyl sites for hydroxylation is 1. The number of carbonyl (C=O) groups is 1. The van der Waals surface area contributed by atoms with E-state index in [0.29, 0.717) is 6.42 Å². The van der Waals surface area contributed by atoms with Gasteiger partial charge in [-0.15, -0.1) is 0 Å². The number of amides is 1. The maximum absolute atomic E-state index is 12.5. The number of rotatable bonds is 5. The highest BCUT2D eigenvalue weighted by molar-refractivity contribution is 5.76. The maximum atomic E-state index is 12.5. The highest BCUT2D eigenvalue weighted by Gasteiger charge is 2.19. The number of carbonyl (C=O) groups excluding carboxylic acids is 1. The molecule has 1 amide bonds. The lowest BCUT2D eigenvalue weighted by Crippen LogP contribution is -2.35. The average Bonchev–Trinajstić information content (AvgIpc) is 2.94. The van der Waals surface area contributed by atoms with Gasteiger partial charge in [-0.1, -0.05) is 0 Å². The molecule has 0 aliphatic carbocycles. The van der Waals surface area contributed by atoms with Crippen molar-refractivity contribution in [3.8, 4) is 5.82 Å². The van der Waals surface area contributed by atoms with Crippen molar-refractivity contribution in [1.29, 1.82) is 0 Å². The van der Waals surface area contributed by atoms with Crippen LogP contribution < -0.4 is 4.90 Å². The lowest BCUT2D eigenvalue weighted by molar-refractivity contribution is -0.132. The van der Waals surface area contributed by atoms with E-state index >= 15 is 0 Å². The number of aromatic nitrogens is 4. The van der Waals surface area contributed by atoms with Crippen LogP contribution in [-0.2, 0) is 11.2 Å². The Balaban J connectivity index is 1.75. The van der Waals surface area contributed by atoms with Gasteiger partial charge in [-0.2, -0.15) is 5.10 Å². The van der Waals surface area contributed by atoms with Gasteiger partial charge in [-0.05, 0) is 45.1 Å². The molecule has 1 fully saturated rings. The molecule has 26 heavy (non-hydrogen) atoms.